The molecular weight excluding hydrogens is 824 g/mol. The largest absolute Gasteiger partial charge is 2.00 e. The molecule has 0 amide bonds. The average molecular weight is 857 g/mol. The molecule has 0 atom stereocenters. The zero-order valence-electron chi connectivity index (χ0n) is 27.0. The van der Waals surface area contributed by atoms with Crippen LogP contribution in [0.25, 0.3) is 0 Å². The van der Waals surface area contributed by atoms with Crippen LogP contribution in [-0.4, -0.2) is 0 Å². The van der Waals surface area contributed by atoms with Crippen LogP contribution in [0.5, 0.6) is 0 Å². The average Bonchev–Trinajstić information content (AvgIpc) is 3.88. The van der Waals surface area contributed by atoms with Crippen molar-refractivity contribution < 1.29 is 59.4 Å². The minimum absolute atomic E-state index is 0. The standard InChI is InChI=1S/2C17H14P.C7H4F3.CHF2.Fe.Pd/c2*1-3-9-15(10-4-1)18(17-13-7-8-14-17)16-11-5-2-6-12-16;8-7(9,10)6-4-2-1-3-5-6;2-1-3;;/h2*1-14H;2-5H;1H;;/q4*-1;2*+2. The van der Waals surface area contributed by atoms with E-state index in [-0.39, 0.29) is 37.5 Å². The van der Waals surface area contributed by atoms with Gasteiger partial charge in [0.15, 0.2) is 0 Å². The van der Waals surface area contributed by atoms with E-state index in [4.69, 9.17) is 0 Å². The normalized spacial score (nSPS) is 10.2. The van der Waals surface area contributed by atoms with Crippen molar-refractivity contribution >= 4 is 47.7 Å². The minimum Gasteiger partial charge on any atom is -0.425 e. The number of benzene rings is 5. The van der Waals surface area contributed by atoms with Crippen LogP contribution in [-0.2, 0) is 43.7 Å². The van der Waals surface area contributed by atoms with Crippen LogP contribution in [0.15, 0.2) is 194 Å². The molecule has 0 saturated carbocycles. The van der Waals surface area contributed by atoms with E-state index in [0.29, 0.717) is 0 Å². The molecule has 0 nitrogen and oxygen atoms in total. The molecule has 0 unspecified atom stereocenters. The van der Waals surface area contributed by atoms with E-state index in [1.807, 2.05) is 0 Å². The van der Waals surface area contributed by atoms with Crippen LogP contribution in [0.1, 0.15) is 5.56 Å². The Balaban J connectivity index is 0.000000260. The van der Waals surface area contributed by atoms with Crippen LogP contribution in [0.2, 0.25) is 0 Å². The van der Waals surface area contributed by atoms with E-state index in [2.05, 4.69) is 176 Å². The van der Waals surface area contributed by atoms with Gasteiger partial charge < -0.3 is 8.78 Å². The summed E-state index contributed by atoms with van der Waals surface area (Å²) >= 11 is 0. The molecule has 0 aliphatic carbocycles. The zero-order chi connectivity index (χ0) is 34.7. The van der Waals surface area contributed by atoms with Crippen molar-refractivity contribution in [2.75, 3.05) is 0 Å². The Hall–Kier alpha value is -3.51. The second kappa shape index (κ2) is 23.9. The second-order valence-corrected chi connectivity index (χ2v) is 14.6. The maximum Gasteiger partial charge on any atom is 2.00 e. The molecule has 0 N–H and O–H groups in total. The summed E-state index contributed by atoms with van der Waals surface area (Å²) in [5.74, 6) is 0. The van der Waals surface area contributed by atoms with Gasteiger partial charge in [-0.1, -0.05) is 127 Å². The van der Waals surface area contributed by atoms with Crippen molar-refractivity contribution in [2.24, 2.45) is 0 Å². The van der Waals surface area contributed by atoms with E-state index in [9.17, 15) is 22.0 Å². The maximum atomic E-state index is 11.8. The number of halogens is 5. The number of alkyl halides is 3. The second-order valence-electron chi connectivity index (χ2n) is 10.2. The van der Waals surface area contributed by atoms with Gasteiger partial charge >= 0.3 is 43.7 Å². The van der Waals surface area contributed by atoms with E-state index >= 15 is 0 Å². The molecule has 51 heavy (non-hydrogen) atoms. The molecule has 0 aromatic heterocycles. The number of hydrogen-bond acceptors (Lipinski definition) is 0. The fourth-order valence-corrected chi connectivity index (χ4v) is 9.41. The fourth-order valence-electron chi connectivity index (χ4n) is 4.80. The van der Waals surface area contributed by atoms with Gasteiger partial charge in [-0.25, -0.2) is 24.3 Å². The van der Waals surface area contributed by atoms with Gasteiger partial charge in [0.25, 0.3) is 0 Å². The van der Waals surface area contributed by atoms with Gasteiger partial charge in [-0.15, -0.1) is 10.6 Å². The van der Waals surface area contributed by atoms with Crippen molar-refractivity contribution in [3.8, 4) is 0 Å². The maximum absolute atomic E-state index is 11.8. The van der Waals surface area contributed by atoms with Crippen LogP contribution in [0.4, 0.5) is 22.0 Å². The van der Waals surface area contributed by atoms with Crippen LogP contribution in [0.3, 0.4) is 0 Å². The third-order valence-corrected chi connectivity index (χ3v) is 11.8. The van der Waals surface area contributed by atoms with Gasteiger partial charge in [0.1, 0.15) is 0 Å². The summed E-state index contributed by atoms with van der Waals surface area (Å²) in [4.78, 5) is 0. The van der Waals surface area contributed by atoms with Crippen LogP contribution in [0, 0.1) is 13.0 Å². The fraction of sp³-hybridized carbons (Fsp3) is 0.0238. The van der Waals surface area contributed by atoms with Gasteiger partial charge in [-0.2, -0.15) is 67.8 Å². The molecule has 0 saturated heterocycles. The van der Waals surface area contributed by atoms with Gasteiger partial charge in [0.2, 0.25) is 0 Å². The van der Waals surface area contributed by atoms with Crippen molar-refractivity contribution in [1.82, 2.24) is 0 Å². The summed E-state index contributed by atoms with van der Waals surface area (Å²) in [6, 6.07) is 67.5. The quantitative estimate of drug-likeness (QED) is 0.0677. The van der Waals surface area contributed by atoms with Crippen LogP contribution < -0.4 is 31.8 Å². The molecule has 0 bridgehead atoms. The van der Waals surface area contributed by atoms with Crippen molar-refractivity contribution in [3.63, 3.8) is 0 Å². The SMILES string of the molecule is FC(F)(F)c1cc[c-]cc1.F[CH-]F.[Fe+2].[Pd+2].c1ccc(P(c2ccccc2)c2ccc[cH-]2)cc1.c1ccc(P(c2ccccc2)c2ccc[cH-]2)cc1. The Labute approximate surface area is 324 Å². The molecule has 7 aromatic rings. The molecule has 0 aliphatic rings. The third kappa shape index (κ3) is 14.2. The van der Waals surface area contributed by atoms with Gasteiger partial charge in [0.05, 0.1) is 0 Å². The molecule has 0 heterocycles. The zero-order valence-corrected chi connectivity index (χ0v) is 31.5. The van der Waals surface area contributed by atoms with Gasteiger partial charge in [-0.3, -0.25) is 0 Å². The molecule has 0 spiro atoms. The predicted molar refractivity (Wildman–Crippen MR) is 198 cm³/mol. The Morgan fingerprint density at radius 2 is 0.765 bits per heavy atom. The van der Waals surface area contributed by atoms with Crippen LogP contribution >= 0.6 is 15.8 Å². The molecule has 0 radical (unpaired) electrons. The van der Waals surface area contributed by atoms with Crippen molar-refractivity contribution in [2.45, 2.75) is 6.18 Å². The summed E-state index contributed by atoms with van der Waals surface area (Å²) in [6.07, 6.45) is -4.23. The van der Waals surface area contributed by atoms with Crippen molar-refractivity contribution in [3.05, 3.63) is 213 Å². The number of rotatable bonds is 6. The molecule has 9 heteroatoms. The molecule has 264 valence electrons. The Morgan fingerprint density at radius 1 is 0.471 bits per heavy atom. The molecule has 0 aliphatic heterocycles. The van der Waals surface area contributed by atoms with Gasteiger partial charge in [-0.05, 0) is 44.0 Å². The Kier molecular flexibility index (Phi) is 20.4. The summed E-state index contributed by atoms with van der Waals surface area (Å²) < 4.78 is 54.3. The molecular formula is C42H33F5FeP2Pd. The number of hydrogen-bond donors (Lipinski definition) is 0. The monoisotopic (exact) mass is 856 g/mol. The first-order valence-electron chi connectivity index (χ1n) is 15.2. The molecule has 0 fully saturated rings. The Bertz CT molecular complexity index is 1630. The molecule has 7 aromatic carbocycles. The first-order chi connectivity index (χ1) is 23.9. The smallest absolute Gasteiger partial charge is 0.425 e. The van der Waals surface area contributed by atoms with E-state index in [1.165, 1.54) is 44.0 Å². The van der Waals surface area contributed by atoms with Gasteiger partial charge in [0, 0.05) is 0 Å². The summed E-state index contributed by atoms with van der Waals surface area (Å²) in [5, 5.41) is 8.47. The minimum atomic E-state index is -4.23. The third-order valence-electron chi connectivity index (χ3n) is 6.91. The topological polar surface area (TPSA) is 0 Å². The summed E-state index contributed by atoms with van der Waals surface area (Å²) in [6.45, 7) is -1.00. The summed E-state index contributed by atoms with van der Waals surface area (Å²) in [5.41, 5.74) is -0.633. The summed E-state index contributed by atoms with van der Waals surface area (Å²) in [7, 11) is -0.818. The first-order valence-corrected chi connectivity index (χ1v) is 17.9. The first kappa shape index (κ1) is 43.7. The predicted octanol–water partition coefficient (Wildman–Crippen LogP) is 9.87. The van der Waals surface area contributed by atoms with E-state index in [0.717, 1.165) is 12.1 Å². The van der Waals surface area contributed by atoms with E-state index in [1.54, 1.807) is 0 Å². The van der Waals surface area contributed by atoms with Crippen molar-refractivity contribution in [1.29, 1.82) is 0 Å². The molecule has 7 rings (SSSR count). The van der Waals surface area contributed by atoms with E-state index < -0.39 is 34.5 Å². The Morgan fingerprint density at radius 3 is 0.980 bits per heavy atom.